The van der Waals surface area contributed by atoms with Gasteiger partial charge in [0.15, 0.2) is 0 Å². The topological polar surface area (TPSA) is 42.2 Å². The van der Waals surface area contributed by atoms with Gasteiger partial charge in [-0.25, -0.2) is 9.97 Å². The van der Waals surface area contributed by atoms with Crippen molar-refractivity contribution >= 4 is 32.9 Å². The Morgan fingerprint density at radius 2 is 2.00 bits per heavy atom. The predicted molar refractivity (Wildman–Crippen MR) is 111 cm³/mol. The summed E-state index contributed by atoms with van der Waals surface area (Å²) < 4.78 is 7.24. The molecule has 5 rings (SSSR count). The van der Waals surface area contributed by atoms with Gasteiger partial charge in [-0.2, -0.15) is 0 Å². The number of likely N-dealkylation sites (tertiary alicyclic amines) is 1. The van der Waals surface area contributed by atoms with Gasteiger partial charge in [0.2, 0.25) is 5.89 Å². The monoisotopic (exact) mass is 395 g/mol. The van der Waals surface area contributed by atoms with E-state index in [2.05, 4.69) is 48.2 Å². The fraction of sp³-hybridized carbons (Fsp3) is 0.333. The van der Waals surface area contributed by atoms with Gasteiger partial charge < -0.3 is 4.42 Å². The Morgan fingerprint density at radius 3 is 2.81 bits per heavy atom. The number of rotatable bonds is 4. The van der Waals surface area contributed by atoms with Crippen LogP contribution < -0.4 is 0 Å². The second-order valence-electron chi connectivity index (χ2n) is 7.08. The van der Waals surface area contributed by atoms with Crippen molar-refractivity contribution in [2.75, 3.05) is 6.54 Å². The SMILES string of the molecule is Cc1ccc(-c2nc(CN3CCC[C@H]3c3nc4ccccc4s3)c(C)o2)s1. The summed E-state index contributed by atoms with van der Waals surface area (Å²) in [4.78, 5) is 14.6. The fourth-order valence-electron chi connectivity index (χ4n) is 3.75. The Kier molecular flexibility index (Phi) is 4.34. The number of thiophene rings is 1. The van der Waals surface area contributed by atoms with Gasteiger partial charge in [-0.05, 0) is 57.5 Å². The minimum absolute atomic E-state index is 0.380. The molecule has 0 radical (unpaired) electrons. The molecule has 138 valence electrons. The average molecular weight is 396 g/mol. The van der Waals surface area contributed by atoms with Crippen LogP contribution in [0, 0.1) is 13.8 Å². The van der Waals surface area contributed by atoms with Gasteiger partial charge in [0, 0.05) is 11.4 Å². The molecule has 1 aliphatic heterocycles. The van der Waals surface area contributed by atoms with Crippen LogP contribution in [0.4, 0.5) is 0 Å². The number of hydrogen-bond acceptors (Lipinski definition) is 6. The van der Waals surface area contributed by atoms with Gasteiger partial charge in [-0.3, -0.25) is 4.90 Å². The van der Waals surface area contributed by atoms with E-state index in [0.29, 0.717) is 6.04 Å². The van der Waals surface area contributed by atoms with Gasteiger partial charge in [0.1, 0.15) is 10.8 Å². The standard InChI is InChI=1S/C21H21N3OS2/c1-13-9-10-19(26-13)20-22-16(14(2)25-20)12-24-11-5-7-17(24)21-23-15-6-3-4-8-18(15)27-21/h3-4,6,8-10,17H,5,7,11-12H2,1-2H3/t17-/m0/s1. The van der Waals surface area contributed by atoms with Gasteiger partial charge in [-0.1, -0.05) is 12.1 Å². The third-order valence-electron chi connectivity index (χ3n) is 5.16. The zero-order chi connectivity index (χ0) is 18.4. The average Bonchev–Trinajstić information content (AvgIpc) is 3.42. The number of para-hydroxylation sites is 1. The molecule has 4 nitrogen and oxygen atoms in total. The molecule has 0 N–H and O–H groups in total. The molecular formula is C21H21N3OS2. The molecule has 6 heteroatoms. The van der Waals surface area contributed by atoms with E-state index in [1.807, 2.05) is 18.3 Å². The zero-order valence-electron chi connectivity index (χ0n) is 15.4. The van der Waals surface area contributed by atoms with Crippen molar-refractivity contribution in [3.8, 4) is 10.8 Å². The van der Waals surface area contributed by atoms with Crippen molar-refractivity contribution in [1.82, 2.24) is 14.9 Å². The highest BCUT2D eigenvalue weighted by Crippen LogP contribution is 2.38. The van der Waals surface area contributed by atoms with E-state index in [1.165, 1.54) is 21.0 Å². The van der Waals surface area contributed by atoms with E-state index in [0.717, 1.165) is 47.2 Å². The number of benzene rings is 1. The fourth-order valence-corrected chi connectivity index (χ4v) is 5.68. The van der Waals surface area contributed by atoms with E-state index in [9.17, 15) is 0 Å². The van der Waals surface area contributed by atoms with E-state index < -0.39 is 0 Å². The van der Waals surface area contributed by atoms with Gasteiger partial charge in [0.25, 0.3) is 0 Å². The minimum Gasteiger partial charge on any atom is -0.440 e. The lowest BCUT2D eigenvalue weighted by molar-refractivity contribution is 0.244. The van der Waals surface area contributed by atoms with Gasteiger partial charge in [0.05, 0.1) is 26.8 Å². The molecule has 0 saturated carbocycles. The molecule has 4 heterocycles. The molecule has 1 fully saturated rings. The number of thiazole rings is 1. The first-order valence-corrected chi connectivity index (χ1v) is 10.9. The molecule has 0 amide bonds. The lowest BCUT2D eigenvalue weighted by atomic mass is 10.2. The van der Waals surface area contributed by atoms with Crippen LogP contribution in [0.2, 0.25) is 0 Å². The third-order valence-corrected chi connectivity index (χ3v) is 7.28. The van der Waals surface area contributed by atoms with Crippen LogP contribution in [-0.4, -0.2) is 21.4 Å². The van der Waals surface area contributed by atoms with E-state index in [1.54, 1.807) is 11.3 Å². The Hall–Kier alpha value is -2.02. The Bertz CT molecular complexity index is 1060. The summed E-state index contributed by atoms with van der Waals surface area (Å²) in [5, 5.41) is 1.23. The van der Waals surface area contributed by atoms with Gasteiger partial charge in [-0.15, -0.1) is 22.7 Å². The number of fused-ring (bicyclic) bond motifs is 1. The first kappa shape index (κ1) is 17.1. The summed E-state index contributed by atoms with van der Waals surface area (Å²) in [6, 6.07) is 13.0. The highest BCUT2D eigenvalue weighted by atomic mass is 32.1. The van der Waals surface area contributed by atoms with Crippen LogP contribution in [0.15, 0.2) is 40.8 Å². The molecule has 27 heavy (non-hydrogen) atoms. The summed E-state index contributed by atoms with van der Waals surface area (Å²) in [6.45, 7) is 6.04. The van der Waals surface area contributed by atoms with E-state index in [-0.39, 0.29) is 0 Å². The number of aromatic nitrogens is 2. The van der Waals surface area contributed by atoms with Crippen molar-refractivity contribution in [3.05, 3.63) is 57.7 Å². The van der Waals surface area contributed by atoms with Crippen LogP contribution in [0.25, 0.3) is 21.0 Å². The largest absolute Gasteiger partial charge is 0.440 e. The van der Waals surface area contributed by atoms with E-state index in [4.69, 9.17) is 14.4 Å². The van der Waals surface area contributed by atoms with E-state index >= 15 is 0 Å². The number of aryl methyl sites for hydroxylation is 2. The van der Waals surface area contributed by atoms with Crippen molar-refractivity contribution in [1.29, 1.82) is 0 Å². The zero-order valence-corrected chi connectivity index (χ0v) is 17.1. The molecule has 3 aromatic heterocycles. The van der Waals surface area contributed by atoms with Crippen molar-refractivity contribution in [3.63, 3.8) is 0 Å². The van der Waals surface area contributed by atoms with Crippen LogP contribution in [0.3, 0.4) is 0 Å². The van der Waals surface area contributed by atoms with Crippen LogP contribution in [-0.2, 0) is 6.54 Å². The summed E-state index contributed by atoms with van der Waals surface area (Å²) >= 11 is 3.55. The van der Waals surface area contributed by atoms with Crippen LogP contribution >= 0.6 is 22.7 Å². The normalized spacial score (nSPS) is 17.9. The lowest BCUT2D eigenvalue weighted by Crippen LogP contribution is -2.23. The first-order valence-electron chi connectivity index (χ1n) is 9.30. The third kappa shape index (κ3) is 3.22. The number of nitrogens with zero attached hydrogens (tertiary/aromatic N) is 3. The smallest absolute Gasteiger partial charge is 0.236 e. The van der Waals surface area contributed by atoms with Crippen molar-refractivity contribution in [2.24, 2.45) is 0 Å². The maximum atomic E-state index is 5.97. The Labute approximate surface area is 166 Å². The van der Waals surface area contributed by atoms with Crippen LogP contribution in [0.5, 0.6) is 0 Å². The predicted octanol–water partition coefficient (Wildman–Crippen LogP) is 5.97. The van der Waals surface area contributed by atoms with Crippen molar-refractivity contribution < 1.29 is 4.42 Å². The molecule has 0 spiro atoms. The second kappa shape index (κ2) is 6.86. The maximum absolute atomic E-state index is 5.97. The lowest BCUT2D eigenvalue weighted by Gasteiger charge is -2.21. The van der Waals surface area contributed by atoms with Crippen molar-refractivity contribution in [2.45, 2.75) is 39.3 Å². The highest BCUT2D eigenvalue weighted by molar-refractivity contribution is 7.18. The summed E-state index contributed by atoms with van der Waals surface area (Å²) in [7, 11) is 0. The molecule has 0 bridgehead atoms. The number of hydrogen-bond donors (Lipinski definition) is 0. The van der Waals surface area contributed by atoms with Crippen LogP contribution in [0.1, 0.15) is 40.2 Å². The molecule has 1 aromatic carbocycles. The Morgan fingerprint density at radius 1 is 1.11 bits per heavy atom. The molecule has 0 aliphatic carbocycles. The Balaban J connectivity index is 1.40. The minimum atomic E-state index is 0.380. The molecule has 1 atom stereocenters. The summed E-state index contributed by atoms with van der Waals surface area (Å²) in [5.41, 5.74) is 2.15. The summed E-state index contributed by atoms with van der Waals surface area (Å²) in [6.07, 6.45) is 2.36. The molecule has 1 saturated heterocycles. The first-order chi connectivity index (χ1) is 13.2. The molecular weight excluding hydrogens is 374 g/mol. The molecule has 4 aromatic rings. The summed E-state index contributed by atoms with van der Waals surface area (Å²) in [5.74, 6) is 1.67. The highest BCUT2D eigenvalue weighted by Gasteiger charge is 2.30. The number of oxazole rings is 1. The second-order valence-corrected chi connectivity index (χ2v) is 9.43. The molecule has 0 unspecified atom stereocenters. The quantitative estimate of drug-likeness (QED) is 0.427. The van der Waals surface area contributed by atoms with Gasteiger partial charge >= 0.3 is 0 Å². The molecule has 1 aliphatic rings. The maximum Gasteiger partial charge on any atom is 0.236 e.